The van der Waals surface area contributed by atoms with E-state index in [-0.39, 0.29) is 44.8 Å². The van der Waals surface area contributed by atoms with Crippen LogP contribution in [0.15, 0.2) is 30.3 Å². The van der Waals surface area contributed by atoms with Crippen molar-refractivity contribution in [1.82, 2.24) is 10.2 Å². The molecule has 146 valence electrons. The van der Waals surface area contributed by atoms with E-state index in [0.717, 1.165) is 0 Å². The number of aliphatic carboxylic acids is 1. The third-order valence-corrected chi connectivity index (χ3v) is 5.99. The van der Waals surface area contributed by atoms with Crippen molar-refractivity contribution in [1.29, 1.82) is 0 Å². The molecule has 1 aromatic carbocycles. The molecule has 1 aromatic rings. The number of carboxylic acids is 1. The maximum atomic E-state index is 12.3. The Labute approximate surface area is 176 Å². The van der Waals surface area contributed by atoms with Crippen LogP contribution in [0, 0.1) is 0 Å². The summed E-state index contributed by atoms with van der Waals surface area (Å²) in [6.45, 7) is 3.58. The quantitative estimate of drug-likeness (QED) is 0.335. The summed E-state index contributed by atoms with van der Waals surface area (Å²) in [6, 6.07) is 6.38. The molecule has 2 amide bonds. The van der Waals surface area contributed by atoms with Gasteiger partial charge in [0.15, 0.2) is 0 Å². The van der Waals surface area contributed by atoms with Gasteiger partial charge in [0, 0.05) is 25.8 Å². The van der Waals surface area contributed by atoms with Crippen LogP contribution in [0.1, 0.15) is 25.5 Å². The van der Waals surface area contributed by atoms with Gasteiger partial charge in [-0.2, -0.15) is 0 Å². The van der Waals surface area contributed by atoms with E-state index in [2.05, 4.69) is 5.32 Å². The number of carboxylic acid groups (broad SMARTS) is 1. The number of carbonyl (C=O) groups excluding carboxylic acids is 2. The van der Waals surface area contributed by atoms with E-state index < -0.39 is 34.7 Å². The number of halogens is 1. The predicted octanol–water partition coefficient (Wildman–Crippen LogP) is -2.68. The van der Waals surface area contributed by atoms with E-state index in [4.69, 9.17) is 5.73 Å². The summed E-state index contributed by atoms with van der Waals surface area (Å²) in [5.74, 6) is -1.86. The average molecular weight is 580 g/mol. The Morgan fingerprint density at radius 1 is 1.31 bits per heavy atom. The summed E-state index contributed by atoms with van der Waals surface area (Å²) in [5, 5.41) is 11.7. The van der Waals surface area contributed by atoms with Crippen LogP contribution in [0.5, 0.6) is 0 Å². The molecule has 26 heavy (non-hydrogen) atoms. The van der Waals surface area contributed by atoms with Crippen molar-refractivity contribution in [2.45, 2.75) is 42.1 Å². The van der Waals surface area contributed by atoms with E-state index in [1.807, 2.05) is 6.07 Å². The van der Waals surface area contributed by atoms with Gasteiger partial charge >= 0.3 is 5.97 Å². The summed E-state index contributed by atoms with van der Waals surface area (Å²) < 4.78 is -0.618. The first kappa shape index (κ1) is 23.0. The molecule has 0 aromatic heterocycles. The molecule has 10 heteroatoms. The number of carbonyl (C=O) groups is 3. The van der Waals surface area contributed by atoms with Gasteiger partial charge in [0.05, 0.1) is 0 Å². The number of nitrogens with zero attached hydrogens (tertiary/aromatic N) is 1. The van der Waals surface area contributed by atoms with Crippen molar-refractivity contribution < 1.29 is 53.0 Å². The number of amides is 2. The molecular formula is C16H19ClN3O4PtS-. The van der Waals surface area contributed by atoms with Crippen LogP contribution < -0.4 is 23.5 Å². The zero-order chi connectivity index (χ0) is 17.6. The van der Waals surface area contributed by atoms with Crippen molar-refractivity contribution in [2.24, 2.45) is 5.73 Å². The van der Waals surface area contributed by atoms with Crippen LogP contribution in [0.4, 0.5) is 0 Å². The number of fused-ring (bicyclic) bond motifs is 1. The molecular weight excluding hydrogens is 561 g/mol. The zero-order valence-electron chi connectivity index (χ0n) is 14.0. The fraction of sp³-hybridized carbons (Fsp3) is 0.438. The number of nitrogens with two attached hydrogens (primary N) is 1. The number of thioether (sulfide) groups is 1. The van der Waals surface area contributed by atoms with Crippen molar-refractivity contribution in [3.05, 3.63) is 35.9 Å². The number of benzene rings is 1. The maximum absolute atomic E-state index is 12.3. The minimum atomic E-state index is -1.03. The molecule has 2 aliphatic heterocycles. The van der Waals surface area contributed by atoms with Crippen LogP contribution in [0.2, 0.25) is 0 Å². The average Bonchev–Trinajstić information content (AvgIpc) is 2.80. The van der Waals surface area contributed by atoms with Gasteiger partial charge in [0.25, 0.3) is 0 Å². The molecule has 0 radical (unpaired) electrons. The SMILES string of the molecule is CC1(C)S[C@@H]2[C@H](NC(=O)[C@H](N)c3ccccc3)C(=O)N2[C@H]1C(=O)O.[Cl-].[Pt]. The van der Waals surface area contributed by atoms with Gasteiger partial charge in [0.2, 0.25) is 11.8 Å². The molecule has 0 unspecified atom stereocenters. The number of rotatable bonds is 4. The normalized spacial score (nSPS) is 26.5. The fourth-order valence-corrected chi connectivity index (χ4v) is 4.83. The third-order valence-electron chi connectivity index (χ3n) is 4.41. The van der Waals surface area contributed by atoms with E-state index in [9.17, 15) is 19.5 Å². The summed E-state index contributed by atoms with van der Waals surface area (Å²) in [5.41, 5.74) is 6.59. The molecule has 0 spiro atoms. The molecule has 0 bridgehead atoms. The van der Waals surface area contributed by atoms with E-state index in [1.165, 1.54) is 16.7 Å². The standard InChI is InChI=1S/C16H19N3O4S.ClH.Pt/c1-16(2)11(15(22)23)19-13(21)10(14(19)24-16)18-12(20)9(17)8-6-4-3-5-7-8;;/h3-7,9-11,14H,17H2,1-2H3,(H,18,20)(H,22,23);1H;/p-1/t9-,10-,11+,14-;;/m1../s1. The van der Waals surface area contributed by atoms with Crippen LogP contribution in [-0.2, 0) is 35.4 Å². The smallest absolute Gasteiger partial charge is 0.327 e. The first-order valence-corrected chi connectivity index (χ1v) is 8.45. The molecule has 4 atom stereocenters. The van der Waals surface area contributed by atoms with E-state index in [1.54, 1.807) is 38.1 Å². The minimum absolute atomic E-state index is 0. The van der Waals surface area contributed by atoms with Crippen LogP contribution in [0.3, 0.4) is 0 Å². The Hall–Kier alpha value is -1.08. The van der Waals surface area contributed by atoms with Gasteiger partial charge in [-0.1, -0.05) is 30.3 Å². The Kier molecular flexibility index (Phi) is 7.32. The second kappa shape index (κ2) is 8.29. The van der Waals surface area contributed by atoms with Gasteiger partial charge < -0.3 is 33.5 Å². The second-order valence-electron chi connectivity index (χ2n) is 6.47. The number of hydrogen-bond donors (Lipinski definition) is 3. The summed E-state index contributed by atoms with van der Waals surface area (Å²) >= 11 is 1.38. The number of β-lactam (4-membered cyclic amide) rings is 1. The molecule has 7 nitrogen and oxygen atoms in total. The molecule has 2 aliphatic rings. The Morgan fingerprint density at radius 3 is 2.42 bits per heavy atom. The van der Waals surface area contributed by atoms with Crippen molar-refractivity contribution in [2.75, 3.05) is 0 Å². The summed E-state index contributed by atoms with van der Waals surface area (Å²) in [4.78, 5) is 37.5. The molecule has 2 heterocycles. The van der Waals surface area contributed by atoms with Crippen molar-refractivity contribution in [3.63, 3.8) is 0 Å². The van der Waals surface area contributed by atoms with Crippen LogP contribution >= 0.6 is 11.8 Å². The predicted molar refractivity (Wildman–Crippen MR) is 89.0 cm³/mol. The minimum Gasteiger partial charge on any atom is -1.00 e. The largest absolute Gasteiger partial charge is 1.00 e. The first-order valence-electron chi connectivity index (χ1n) is 7.58. The number of hydrogen-bond acceptors (Lipinski definition) is 5. The topological polar surface area (TPSA) is 113 Å². The zero-order valence-corrected chi connectivity index (χ0v) is 17.8. The van der Waals surface area contributed by atoms with Gasteiger partial charge in [0.1, 0.15) is 23.5 Å². The third kappa shape index (κ3) is 3.79. The summed E-state index contributed by atoms with van der Waals surface area (Å²) in [6.07, 6.45) is 0. The molecule has 3 rings (SSSR count). The number of nitrogens with one attached hydrogen (secondary N) is 1. The van der Waals surface area contributed by atoms with Gasteiger partial charge in [-0.05, 0) is 19.4 Å². The fourth-order valence-electron chi connectivity index (χ4n) is 3.20. The van der Waals surface area contributed by atoms with Crippen molar-refractivity contribution >= 4 is 29.5 Å². The van der Waals surface area contributed by atoms with E-state index in [0.29, 0.717) is 5.56 Å². The molecule has 2 saturated heterocycles. The Morgan fingerprint density at radius 2 is 1.88 bits per heavy atom. The Bertz CT molecular complexity index is 706. The van der Waals surface area contributed by atoms with Gasteiger partial charge in [-0.3, -0.25) is 9.59 Å². The summed E-state index contributed by atoms with van der Waals surface area (Å²) in [7, 11) is 0. The first-order chi connectivity index (χ1) is 11.2. The second-order valence-corrected chi connectivity index (χ2v) is 8.24. The van der Waals surface area contributed by atoms with Crippen LogP contribution in [0.25, 0.3) is 0 Å². The van der Waals surface area contributed by atoms with Gasteiger partial charge in [-0.15, -0.1) is 11.8 Å². The maximum Gasteiger partial charge on any atom is 0.327 e. The van der Waals surface area contributed by atoms with Crippen LogP contribution in [-0.4, -0.2) is 50.0 Å². The molecule has 2 fully saturated rings. The van der Waals surface area contributed by atoms with E-state index >= 15 is 0 Å². The molecule has 0 aliphatic carbocycles. The van der Waals surface area contributed by atoms with Gasteiger partial charge in [-0.25, -0.2) is 4.79 Å². The van der Waals surface area contributed by atoms with Crippen molar-refractivity contribution in [3.8, 4) is 0 Å². The molecule has 0 saturated carbocycles. The monoisotopic (exact) mass is 579 g/mol. The molecule has 4 N–H and O–H groups in total. The Balaban J connectivity index is 0.00000169.